The van der Waals surface area contributed by atoms with E-state index in [2.05, 4.69) is 73.5 Å². The molecule has 18 heavy (non-hydrogen) atoms. The third kappa shape index (κ3) is 3.80. The molecular formula is C16H22NP. The minimum atomic E-state index is 0.0826. The molecule has 0 fully saturated rings. The van der Waals surface area contributed by atoms with E-state index >= 15 is 0 Å². The van der Waals surface area contributed by atoms with Gasteiger partial charge in [-0.3, -0.25) is 0 Å². The highest BCUT2D eigenvalue weighted by molar-refractivity contribution is 7.58. The lowest BCUT2D eigenvalue weighted by Crippen LogP contribution is -2.22. The molecule has 2 heteroatoms. The zero-order chi connectivity index (χ0) is 12.8. The molecule has 0 heterocycles. The molecular weight excluding hydrogens is 237 g/mol. The van der Waals surface area contributed by atoms with E-state index in [1.165, 1.54) is 11.7 Å². The summed E-state index contributed by atoms with van der Waals surface area (Å²) in [6, 6.07) is 11.1. The van der Waals surface area contributed by atoms with Crippen molar-refractivity contribution in [3.05, 3.63) is 60.2 Å². The molecule has 1 N–H and O–H groups in total. The molecule has 0 radical (unpaired) electrons. The number of rotatable bonds is 6. The zero-order valence-corrected chi connectivity index (χ0v) is 12.1. The van der Waals surface area contributed by atoms with Gasteiger partial charge in [-0.1, -0.05) is 62.6 Å². The van der Waals surface area contributed by atoms with E-state index in [1.807, 2.05) is 0 Å². The van der Waals surface area contributed by atoms with E-state index in [1.54, 1.807) is 0 Å². The first-order valence-corrected chi connectivity index (χ1v) is 8.65. The largest absolute Gasteiger partial charge is 0.310 e. The lowest BCUT2D eigenvalue weighted by atomic mass is 10.1. The van der Waals surface area contributed by atoms with Crippen LogP contribution in [0.2, 0.25) is 0 Å². The molecule has 0 aliphatic heterocycles. The van der Waals surface area contributed by atoms with Gasteiger partial charge in [0.05, 0.1) is 0 Å². The molecule has 0 saturated carbocycles. The summed E-state index contributed by atoms with van der Waals surface area (Å²) in [5.41, 5.74) is 2.08. The molecule has 0 saturated heterocycles. The maximum absolute atomic E-state index is 3.62. The predicted molar refractivity (Wildman–Crippen MR) is 82.6 cm³/mol. The highest BCUT2D eigenvalue weighted by atomic mass is 31.1. The predicted octanol–water partition coefficient (Wildman–Crippen LogP) is 3.94. The van der Waals surface area contributed by atoms with Crippen LogP contribution in [0, 0.1) is 0 Å². The maximum Gasteiger partial charge on any atom is 0.0291 e. The standard InChI is InChI=1S/C16H22NP/c1-14(15-8-4-3-5-9-15)17-12-13-18(2)16-10-6-7-11-16/h3-11,14,16-17H,12-13H2,1-2H3/t14-,18?/m1/s1. The lowest BCUT2D eigenvalue weighted by molar-refractivity contribution is 0.600. The van der Waals surface area contributed by atoms with Crippen LogP contribution in [0.5, 0.6) is 0 Å². The van der Waals surface area contributed by atoms with E-state index in [-0.39, 0.29) is 7.92 Å². The maximum atomic E-state index is 3.62. The van der Waals surface area contributed by atoms with Crippen LogP contribution in [0.15, 0.2) is 54.6 Å². The average Bonchev–Trinajstić information content (AvgIpc) is 2.93. The fourth-order valence-corrected chi connectivity index (χ4v) is 3.75. The molecule has 1 unspecified atom stereocenters. The highest BCUT2D eigenvalue weighted by Gasteiger charge is 2.12. The van der Waals surface area contributed by atoms with E-state index in [4.69, 9.17) is 0 Å². The van der Waals surface area contributed by atoms with Crippen LogP contribution in [-0.4, -0.2) is 25.0 Å². The summed E-state index contributed by atoms with van der Waals surface area (Å²) in [4.78, 5) is 0. The smallest absolute Gasteiger partial charge is 0.0291 e. The Hall–Kier alpha value is -0.910. The summed E-state index contributed by atoms with van der Waals surface area (Å²) in [7, 11) is 0.0826. The zero-order valence-electron chi connectivity index (χ0n) is 11.2. The average molecular weight is 259 g/mol. The monoisotopic (exact) mass is 259 g/mol. The Labute approximate surface area is 112 Å². The SMILES string of the molecule is C[C@@H](NCCP(C)C1C=CC=C1)c1ccccc1. The Balaban J connectivity index is 1.72. The molecule has 0 bridgehead atoms. The van der Waals surface area contributed by atoms with Gasteiger partial charge in [-0.15, -0.1) is 0 Å². The Morgan fingerprint density at radius 1 is 1.17 bits per heavy atom. The van der Waals surface area contributed by atoms with Crippen LogP contribution in [0.3, 0.4) is 0 Å². The molecule has 2 atom stereocenters. The Morgan fingerprint density at radius 3 is 2.50 bits per heavy atom. The van der Waals surface area contributed by atoms with Crippen molar-refractivity contribution in [1.29, 1.82) is 0 Å². The molecule has 96 valence electrons. The van der Waals surface area contributed by atoms with Crippen molar-refractivity contribution in [1.82, 2.24) is 5.32 Å². The molecule has 0 aromatic heterocycles. The van der Waals surface area contributed by atoms with Crippen molar-refractivity contribution in [3.8, 4) is 0 Å². The minimum Gasteiger partial charge on any atom is -0.310 e. The number of nitrogens with one attached hydrogen (secondary N) is 1. The molecule has 0 spiro atoms. The fraction of sp³-hybridized carbons (Fsp3) is 0.375. The second kappa shape index (κ2) is 6.87. The van der Waals surface area contributed by atoms with Crippen LogP contribution < -0.4 is 5.32 Å². The molecule has 1 aromatic carbocycles. The van der Waals surface area contributed by atoms with E-state index in [9.17, 15) is 0 Å². The molecule has 0 amide bonds. The number of benzene rings is 1. The van der Waals surface area contributed by atoms with Crippen LogP contribution in [0.25, 0.3) is 0 Å². The van der Waals surface area contributed by atoms with Crippen molar-refractivity contribution in [3.63, 3.8) is 0 Å². The highest BCUT2D eigenvalue weighted by Crippen LogP contribution is 2.39. The molecule has 2 rings (SSSR count). The van der Waals surface area contributed by atoms with Crippen LogP contribution >= 0.6 is 7.92 Å². The second-order valence-corrected chi connectivity index (χ2v) is 7.38. The van der Waals surface area contributed by atoms with Crippen molar-refractivity contribution in [2.45, 2.75) is 18.6 Å². The van der Waals surface area contributed by atoms with Crippen molar-refractivity contribution >= 4 is 7.92 Å². The summed E-state index contributed by atoms with van der Waals surface area (Å²) >= 11 is 0. The van der Waals surface area contributed by atoms with Crippen LogP contribution in [-0.2, 0) is 0 Å². The molecule has 1 aliphatic rings. The number of allylic oxidation sites excluding steroid dienone is 4. The third-order valence-electron chi connectivity index (χ3n) is 3.45. The fourth-order valence-electron chi connectivity index (χ4n) is 2.18. The van der Waals surface area contributed by atoms with Gasteiger partial charge in [-0.2, -0.15) is 0 Å². The first-order chi connectivity index (χ1) is 8.77. The first kappa shape index (κ1) is 13.5. The summed E-state index contributed by atoms with van der Waals surface area (Å²) in [5, 5.41) is 3.62. The summed E-state index contributed by atoms with van der Waals surface area (Å²) < 4.78 is 0. The summed E-state index contributed by atoms with van der Waals surface area (Å²) in [5.74, 6) is 0. The second-order valence-electron chi connectivity index (χ2n) is 4.83. The van der Waals surface area contributed by atoms with Gasteiger partial charge in [0.15, 0.2) is 0 Å². The Bertz CT molecular complexity index is 398. The van der Waals surface area contributed by atoms with Gasteiger partial charge >= 0.3 is 0 Å². The van der Waals surface area contributed by atoms with Gasteiger partial charge in [-0.25, -0.2) is 0 Å². The van der Waals surface area contributed by atoms with Gasteiger partial charge < -0.3 is 5.32 Å². The Morgan fingerprint density at radius 2 is 1.83 bits per heavy atom. The van der Waals surface area contributed by atoms with Crippen molar-refractivity contribution in [2.24, 2.45) is 0 Å². The van der Waals surface area contributed by atoms with Crippen LogP contribution in [0.4, 0.5) is 0 Å². The Kier molecular flexibility index (Phi) is 5.16. The third-order valence-corrected chi connectivity index (χ3v) is 5.74. The van der Waals surface area contributed by atoms with Gasteiger partial charge in [0, 0.05) is 11.7 Å². The van der Waals surface area contributed by atoms with E-state index in [0.29, 0.717) is 11.7 Å². The molecule has 1 aromatic rings. The quantitative estimate of drug-likeness (QED) is 0.763. The van der Waals surface area contributed by atoms with Crippen LogP contribution in [0.1, 0.15) is 18.5 Å². The molecule has 1 nitrogen and oxygen atoms in total. The van der Waals surface area contributed by atoms with Crippen molar-refractivity contribution < 1.29 is 0 Å². The van der Waals surface area contributed by atoms with Gasteiger partial charge in [0.25, 0.3) is 0 Å². The van der Waals surface area contributed by atoms with Crippen molar-refractivity contribution in [2.75, 3.05) is 19.4 Å². The van der Waals surface area contributed by atoms with E-state index < -0.39 is 0 Å². The summed E-state index contributed by atoms with van der Waals surface area (Å²) in [6.07, 6.45) is 10.3. The summed E-state index contributed by atoms with van der Waals surface area (Å²) in [6.45, 7) is 5.74. The normalized spacial score (nSPS) is 18.1. The topological polar surface area (TPSA) is 12.0 Å². The molecule has 1 aliphatic carbocycles. The number of hydrogen-bond donors (Lipinski definition) is 1. The van der Waals surface area contributed by atoms with Gasteiger partial charge in [-0.05, 0) is 31.9 Å². The van der Waals surface area contributed by atoms with E-state index in [0.717, 1.165) is 6.54 Å². The first-order valence-electron chi connectivity index (χ1n) is 6.61. The minimum absolute atomic E-state index is 0.0826. The lowest BCUT2D eigenvalue weighted by Gasteiger charge is -2.19. The van der Waals surface area contributed by atoms with Gasteiger partial charge in [0.1, 0.15) is 0 Å². The van der Waals surface area contributed by atoms with Gasteiger partial charge in [0.2, 0.25) is 0 Å². The number of hydrogen-bond acceptors (Lipinski definition) is 1.